The average Bonchev–Trinajstić information content (AvgIpc) is 2.47. The van der Waals surface area contributed by atoms with Gasteiger partial charge in [0.05, 0.1) is 0 Å². The number of rotatable bonds is 1. The normalized spacial score (nSPS) is 11.5. The van der Waals surface area contributed by atoms with E-state index in [1.165, 1.54) is 11.3 Å². The van der Waals surface area contributed by atoms with Gasteiger partial charge in [-0.2, -0.15) is 0 Å². The summed E-state index contributed by atoms with van der Waals surface area (Å²) in [6.45, 7) is 1.86. The van der Waals surface area contributed by atoms with E-state index in [2.05, 4.69) is 15.9 Å². The van der Waals surface area contributed by atoms with Crippen LogP contribution in [0.1, 0.15) is 17.6 Å². The average molecular weight is 277 g/mol. The molecule has 0 spiro atoms. The van der Waals surface area contributed by atoms with Crippen molar-refractivity contribution in [3.63, 3.8) is 0 Å². The monoisotopic (exact) mass is 276 g/mol. The highest BCUT2D eigenvalue weighted by molar-refractivity contribution is 9.10. The van der Waals surface area contributed by atoms with Crippen LogP contribution in [-0.2, 0) is 0 Å². The number of fused-ring (bicyclic) bond motifs is 1. The van der Waals surface area contributed by atoms with E-state index in [4.69, 9.17) is 0 Å². The smallest absolute Gasteiger partial charge is 0.205 e. The number of benzene rings is 1. The Labute approximate surface area is 92.7 Å². The third-order valence-corrected chi connectivity index (χ3v) is 3.89. The molecular weight excluding hydrogens is 270 g/mol. The molecule has 4 heteroatoms. The molecule has 0 N–H and O–H groups in total. The summed E-state index contributed by atoms with van der Waals surface area (Å²) in [5.41, 5.74) is 1.03. The number of hydrogen-bond acceptors (Lipinski definition) is 1. The molecule has 0 saturated heterocycles. The lowest BCUT2D eigenvalue weighted by molar-refractivity contribution is 0.152. The molecule has 0 nitrogen and oxygen atoms in total. The Morgan fingerprint density at radius 3 is 2.71 bits per heavy atom. The second-order valence-corrected chi connectivity index (χ2v) is 4.82. The van der Waals surface area contributed by atoms with E-state index in [-0.39, 0.29) is 5.56 Å². The van der Waals surface area contributed by atoms with E-state index in [1.807, 2.05) is 18.4 Å². The maximum Gasteiger partial charge on any atom is 0.265 e. The molecule has 14 heavy (non-hydrogen) atoms. The lowest BCUT2D eigenvalue weighted by Gasteiger charge is -2.05. The lowest BCUT2D eigenvalue weighted by Crippen LogP contribution is -1.88. The van der Waals surface area contributed by atoms with Crippen molar-refractivity contribution in [3.8, 4) is 0 Å². The highest BCUT2D eigenvalue weighted by Crippen LogP contribution is 2.38. The second-order valence-electron chi connectivity index (χ2n) is 3.05. The Kier molecular flexibility index (Phi) is 2.58. The van der Waals surface area contributed by atoms with Crippen molar-refractivity contribution < 1.29 is 8.78 Å². The molecule has 2 rings (SSSR count). The van der Waals surface area contributed by atoms with Gasteiger partial charge < -0.3 is 0 Å². The van der Waals surface area contributed by atoms with Gasteiger partial charge in [0.25, 0.3) is 6.43 Å². The molecule has 0 aliphatic carbocycles. The maximum absolute atomic E-state index is 12.8. The third kappa shape index (κ3) is 1.46. The van der Waals surface area contributed by atoms with Crippen molar-refractivity contribution in [1.29, 1.82) is 0 Å². The van der Waals surface area contributed by atoms with Crippen molar-refractivity contribution in [1.82, 2.24) is 0 Å². The summed E-state index contributed by atoms with van der Waals surface area (Å²) in [7, 11) is 0. The van der Waals surface area contributed by atoms with Gasteiger partial charge in [0, 0.05) is 20.1 Å². The third-order valence-electron chi connectivity index (χ3n) is 2.13. The molecule has 1 aromatic heterocycles. The number of thiophene rings is 1. The summed E-state index contributed by atoms with van der Waals surface area (Å²) >= 11 is 4.66. The minimum atomic E-state index is -2.43. The molecule has 0 radical (unpaired) electrons. The zero-order chi connectivity index (χ0) is 10.3. The van der Waals surface area contributed by atoms with Crippen molar-refractivity contribution in [3.05, 3.63) is 33.1 Å². The fraction of sp³-hybridized carbons (Fsp3) is 0.200. The van der Waals surface area contributed by atoms with Crippen LogP contribution in [0.4, 0.5) is 8.78 Å². The molecular formula is C10H7BrF2S. The summed E-state index contributed by atoms with van der Waals surface area (Å²) in [5.74, 6) is 0. The number of halogens is 3. The minimum absolute atomic E-state index is 0.112. The van der Waals surface area contributed by atoms with Crippen LogP contribution in [0, 0.1) is 6.92 Å². The first-order chi connectivity index (χ1) is 6.61. The van der Waals surface area contributed by atoms with Gasteiger partial charge >= 0.3 is 0 Å². The molecule has 0 bridgehead atoms. The van der Waals surface area contributed by atoms with Crippen LogP contribution in [0.5, 0.6) is 0 Å². The van der Waals surface area contributed by atoms with Gasteiger partial charge in [-0.3, -0.25) is 0 Å². The summed E-state index contributed by atoms with van der Waals surface area (Å²) in [4.78, 5) is 0. The quantitative estimate of drug-likeness (QED) is 0.694. The largest absolute Gasteiger partial charge is 0.265 e. The van der Waals surface area contributed by atoms with Crippen LogP contribution >= 0.6 is 27.3 Å². The molecule has 2 aromatic rings. The summed E-state index contributed by atoms with van der Waals surface area (Å²) in [5, 5.41) is 2.60. The summed E-state index contributed by atoms with van der Waals surface area (Å²) in [6.07, 6.45) is -2.43. The highest BCUT2D eigenvalue weighted by Gasteiger charge is 2.17. The fourth-order valence-electron chi connectivity index (χ4n) is 1.50. The molecule has 0 aliphatic rings. The van der Waals surface area contributed by atoms with E-state index in [0.29, 0.717) is 9.86 Å². The van der Waals surface area contributed by atoms with Crippen molar-refractivity contribution in [2.75, 3.05) is 0 Å². The Balaban J connectivity index is 2.87. The van der Waals surface area contributed by atoms with Crippen LogP contribution in [0.2, 0.25) is 0 Å². The predicted octanol–water partition coefficient (Wildman–Crippen LogP) is 4.91. The number of alkyl halides is 2. The van der Waals surface area contributed by atoms with Gasteiger partial charge in [-0.25, -0.2) is 8.78 Å². The minimum Gasteiger partial charge on any atom is -0.205 e. The van der Waals surface area contributed by atoms with Gasteiger partial charge in [0.2, 0.25) is 0 Å². The number of hydrogen-bond donors (Lipinski definition) is 0. The van der Waals surface area contributed by atoms with Crippen LogP contribution in [-0.4, -0.2) is 0 Å². The highest BCUT2D eigenvalue weighted by atomic mass is 79.9. The van der Waals surface area contributed by atoms with Gasteiger partial charge in [-0.05, 0) is 30.0 Å². The Bertz CT molecular complexity index is 476. The van der Waals surface area contributed by atoms with Gasteiger partial charge in [-0.15, -0.1) is 11.3 Å². The Morgan fingerprint density at radius 2 is 2.07 bits per heavy atom. The molecule has 1 heterocycles. The Hall–Kier alpha value is -0.480. The van der Waals surface area contributed by atoms with Crippen LogP contribution in [0.25, 0.3) is 10.1 Å². The van der Waals surface area contributed by atoms with Crippen molar-refractivity contribution >= 4 is 37.4 Å². The molecule has 0 amide bonds. The zero-order valence-corrected chi connectivity index (χ0v) is 9.75. The zero-order valence-electron chi connectivity index (χ0n) is 7.35. The van der Waals surface area contributed by atoms with Crippen molar-refractivity contribution in [2.45, 2.75) is 13.3 Å². The first kappa shape index (κ1) is 10.1. The standard InChI is InChI=1S/C10H7BrF2S/c1-5-4-14-7-3-2-6(11)9(8(5)7)10(12)13/h2-4,10H,1H3. The Morgan fingerprint density at radius 1 is 1.36 bits per heavy atom. The first-order valence-electron chi connectivity index (χ1n) is 4.05. The molecule has 74 valence electrons. The van der Waals surface area contributed by atoms with E-state index in [9.17, 15) is 8.78 Å². The fourth-order valence-corrected chi connectivity index (χ4v) is 2.96. The van der Waals surface area contributed by atoms with Crippen LogP contribution < -0.4 is 0 Å². The molecule has 0 saturated carbocycles. The summed E-state index contributed by atoms with van der Waals surface area (Å²) in [6, 6.07) is 3.54. The first-order valence-corrected chi connectivity index (χ1v) is 5.73. The summed E-state index contributed by atoms with van der Waals surface area (Å²) < 4.78 is 27.0. The molecule has 0 atom stereocenters. The predicted molar refractivity (Wildman–Crippen MR) is 59.2 cm³/mol. The van der Waals surface area contributed by atoms with Crippen LogP contribution in [0.3, 0.4) is 0 Å². The molecule has 1 aromatic carbocycles. The van der Waals surface area contributed by atoms with E-state index in [0.717, 1.165) is 10.3 Å². The van der Waals surface area contributed by atoms with E-state index < -0.39 is 6.43 Å². The topological polar surface area (TPSA) is 0 Å². The van der Waals surface area contributed by atoms with Gasteiger partial charge in [0.1, 0.15) is 0 Å². The van der Waals surface area contributed by atoms with Gasteiger partial charge in [-0.1, -0.05) is 15.9 Å². The molecule has 0 unspecified atom stereocenters. The maximum atomic E-state index is 12.8. The second kappa shape index (κ2) is 3.59. The van der Waals surface area contributed by atoms with E-state index >= 15 is 0 Å². The lowest BCUT2D eigenvalue weighted by atomic mass is 10.1. The van der Waals surface area contributed by atoms with Crippen LogP contribution in [0.15, 0.2) is 22.0 Å². The van der Waals surface area contributed by atoms with Gasteiger partial charge in [0.15, 0.2) is 0 Å². The number of aryl methyl sites for hydroxylation is 1. The SMILES string of the molecule is Cc1csc2ccc(Br)c(C(F)F)c12. The molecule has 0 fully saturated rings. The van der Waals surface area contributed by atoms with Crippen molar-refractivity contribution in [2.24, 2.45) is 0 Å². The molecule has 0 aliphatic heterocycles. The van der Waals surface area contributed by atoms with E-state index in [1.54, 1.807) is 6.07 Å².